The average Bonchev–Trinajstić information content (AvgIpc) is 2.06. The molecule has 68 valence electrons. The number of hydrogen-bond acceptors (Lipinski definition) is 2. The van der Waals surface area contributed by atoms with Crippen molar-refractivity contribution in [2.45, 2.75) is 12.8 Å². The Morgan fingerprint density at radius 1 is 1.36 bits per heavy atom. The summed E-state index contributed by atoms with van der Waals surface area (Å²) in [5, 5.41) is 2.76. The van der Waals surface area contributed by atoms with Gasteiger partial charge in [-0.1, -0.05) is 5.56 Å². The van der Waals surface area contributed by atoms with Crippen LogP contribution in [0.5, 0.6) is 0 Å². The number of aryl methyl sites for hydroxylation is 1. The second-order valence-electron chi connectivity index (χ2n) is 3.27. The van der Waals surface area contributed by atoms with E-state index < -0.39 is 0 Å². The van der Waals surface area contributed by atoms with Crippen molar-refractivity contribution < 1.29 is 56.2 Å². The molecule has 4 heteroatoms. The molecule has 0 atom stereocenters. The maximum Gasteiger partial charge on any atom is 1.00 e. The summed E-state index contributed by atoms with van der Waals surface area (Å²) >= 11 is 0. The molecule has 1 aromatic rings. The third-order valence-corrected chi connectivity index (χ3v) is 2.20. The van der Waals surface area contributed by atoms with Crippen LogP contribution in [-0.4, -0.2) is 5.91 Å². The van der Waals surface area contributed by atoms with Gasteiger partial charge in [-0.25, -0.2) is 0 Å². The van der Waals surface area contributed by atoms with Crippen molar-refractivity contribution in [3.63, 3.8) is 0 Å². The summed E-state index contributed by atoms with van der Waals surface area (Å²) in [6.07, 6.45) is 1.30. The molecule has 0 unspecified atom stereocenters. The van der Waals surface area contributed by atoms with E-state index >= 15 is 0 Å². The summed E-state index contributed by atoms with van der Waals surface area (Å²) in [5.74, 6) is 0.0380. The zero-order valence-corrected chi connectivity index (χ0v) is 11.4. The number of rotatable bonds is 0. The van der Waals surface area contributed by atoms with Crippen LogP contribution >= 0.6 is 0 Å². The molecule has 0 bridgehead atoms. The van der Waals surface area contributed by atoms with Gasteiger partial charge in [-0.05, 0) is 12.1 Å². The maximum atomic E-state index is 11.1. The molecule has 3 N–H and O–H groups in total. The quantitative estimate of drug-likeness (QED) is 0.308. The molecule has 2 rings (SSSR count). The van der Waals surface area contributed by atoms with Gasteiger partial charge in [0.25, 0.3) is 0 Å². The number of anilines is 2. The number of nitrogens with two attached hydrogens (primary N) is 1. The van der Waals surface area contributed by atoms with Crippen molar-refractivity contribution in [3.05, 3.63) is 30.2 Å². The Balaban J connectivity index is 0.000000980. The van der Waals surface area contributed by atoms with E-state index in [2.05, 4.69) is 12.2 Å². The fourth-order valence-electron chi connectivity index (χ4n) is 1.59. The van der Waals surface area contributed by atoms with Gasteiger partial charge in [0, 0.05) is 12.1 Å². The topological polar surface area (TPSA) is 55.1 Å². The molecule has 0 saturated carbocycles. The van der Waals surface area contributed by atoms with Crippen LogP contribution in [0.15, 0.2) is 12.1 Å². The van der Waals surface area contributed by atoms with Gasteiger partial charge in [-0.2, -0.15) is 18.6 Å². The number of nitrogen functional groups attached to an aromatic ring is 1. The van der Waals surface area contributed by atoms with E-state index in [1.807, 2.05) is 6.07 Å². The third-order valence-electron chi connectivity index (χ3n) is 2.20. The minimum atomic E-state index is 0. The summed E-state index contributed by atoms with van der Waals surface area (Å²) in [7, 11) is 0. The summed E-state index contributed by atoms with van der Waals surface area (Å²) in [4.78, 5) is 11.1. The average molecular weight is 214 g/mol. The first kappa shape index (κ1) is 12.1. The smallest absolute Gasteiger partial charge is 0.407 e. The van der Waals surface area contributed by atoms with Gasteiger partial charge >= 0.3 is 51.4 Å². The van der Waals surface area contributed by atoms with Crippen LogP contribution in [0.3, 0.4) is 0 Å². The zero-order valence-electron chi connectivity index (χ0n) is 8.26. The number of carbonyl (C=O) groups excluding carboxylic acids is 1. The van der Waals surface area contributed by atoms with E-state index in [0.29, 0.717) is 12.1 Å². The van der Waals surface area contributed by atoms with Crippen molar-refractivity contribution in [2.75, 3.05) is 11.1 Å². The van der Waals surface area contributed by atoms with E-state index in [1.165, 1.54) is 0 Å². The number of fused-ring (bicyclic) bond motifs is 1. The van der Waals surface area contributed by atoms with Gasteiger partial charge in [-0.3, -0.25) is 4.79 Å². The molecule has 1 aliphatic rings. The van der Waals surface area contributed by atoms with Crippen LogP contribution in [0, 0.1) is 6.92 Å². The first-order chi connectivity index (χ1) is 6.16. The standard InChI is InChI=1S/C10H11N2O.K/c1-6-4-7-2-3-9(13)12-10(7)8(11)5-6;/h4-5H,1-3,11H2,(H,12,13);/q-1;+1. The molecule has 0 fully saturated rings. The van der Waals surface area contributed by atoms with E-state index in [0.717, 1.165) is 23.2 Å². The predicted octanol–water partition coefficient (Wildman–Crippen LogP) is -1.66. The predicted molar refractivity (Wildman–Crippen MR) is 52.3 cm³/mol. The zero-order chi connectivity index (χ0) is 9.42. The van der Waals surface area contributed by atoms with Crippen LogP contribution < -0.4 is 62.4 Å². The molecule has 1 aromatic carbocycles. The van der Waals surface area contributed by atoms with E-state index in [9.17, 15) is 4.79 Å². The summed E-state index contributed by atoms with van der Waals surface area (Å²) in [6, 6.07) is 3.73. The fraction of sp³-hybridized carbons (Fsp3) is 0.200. The molecule has 1 amide bonds. The molecule has 1 heterocycles. The number of hydrogen-bond donors (Lipinski definition) is 2. The molecule has 0 saturated heterocycles. The second-order valence-corrected chi connectivity index (χ2v) is 3.27. The van der Waals surface area contributed by atoms with Gasteiger partial charge in [0.05, 0.1) is 0 Å². The van der Waals surface area contributed by atoms with Crippen molar-refractivity contribution in [1.82, 2.24) is 0 Å². The normalized spacial score (nSPS) is 13.9. The van der Waals surface area contributed by atoms with Crippen LogP contribution in [-0.2, 0) is 11.2 Å². The Morgan fingerprint density at radius 2 is 2.07 bits per heavy atom. The van der Waals surface area contributed by atoms with Crippen LogP contribution in [0.1, 0.15) is 17.5 Å². The number of amides is 1. The Kier molecular flexibility index (Phi) is 4.03. The Labute approximate surface area is 126 Å². The molecule has 3 nitrogen and oxygen atoms in total. The molecule has 0 aromatic heterocycles. The Hall–Kier alpha value is -0.00364. The van der Waals surface area contributed by atoms with Gasteiger partial charge in [-0.15, -0.1) is 6.07 Å². The summed E-state index contributed by atoms with van der Waals surface area (Å²) in [6.45, 7) is 3.82. The minimum absolute atomic E-state index is 0. The molecular weight excluding hydrogens is 203 g/mol. The second kappa shape index (κ2) is 4.68. The molecular formula is C10H11KN2O. The molecule has 14 heavy (non-hydrogen) atoms. The van der Waals surface area contributed by atoms with Crippen molar-refractivity contribution in [3.8, 4) is 0 Å². The molecule has 0 aliphatic carbocycles. The van der Waals surface area contributed by atoms with Crippen molar-refractivity contribution >= 4 is 17.3 Å². The molecule has 1 aliphatic heterocycles. The van der Waals surface area contributed by atoms with Gasteiger partial charge in [0.15, 0.2) is 0 Å². The monoisotopic (exact) mass is 214 g/mol. The largest absolute Gasteiger partial charge is 1.00 e. The first-order valence-electron chi connectivity index (χ1n) is 4.21. The van der Waals surface area contributed by atoms with Gasteiger partial charge in [0.2, 0.25) is 5.91 Å². The molecule has 0 radical (unpaired) electrons. The number of carbonyl (C=O) groups is 1. The summed E-state index contributed by atoms with van der Waals surface area (Å²) < 4.78 is 0. The summed E-state index contributed by atoms with van der Waals surface area (Å²) in [5.41, 5.74) is 9.11. The Morgan fingerprint density at radius 3 is 2.79 bits per heavy atom. The number of benzene rings is 1. The van der Waals surface area contributed by atoms with Crippen molar-refractivity contribution in [1.29, 1.82) is 0 Å². The van der Waals surface area contributed by atoms with E-state index in [4.69, 9.17) is 5.73 Å². The van der Waals surface area contributed by atoms with E-state index in [-0.39, 0.29) is 57.3 Å². The molecule has 0 spiro atoms. The van der Waals surface area contributed by atoms with Crippen LogP contribution in [0.4, 0.5) is 11.4 Å². The van der Waals surface area contributed by atoms with Crippen molar-refractivity contribution in [2.24, 2.45) is 0 Å². The fourth-order valence-corrected chi connectivity index (χ4v) is 1.59. The van der Waals surface area contributed by atoms with Crippen LogP contribution in [0.2, 0.25) is 0 Å². The minimum Gasteiger partial charge on any atom is -0.407 e. The first-order valence-corrected chi connectivity index (χ1v) is 4.21. The third kappa shape index (κ3) is 2.32. The maximum absolute atomic E-state index is 11.1. The van der Waals surface area contributed by atoms with Gasteiger partial charge in [0.1, 0.15) is 0 Å². The van der Waals surface area contributed by atoms with Gasteiger partial charge < -0.3 is 11.1 Å². The number of nitrogens with one attached hydrogen (secondary N) is 1. The SMILES string of the molecule is [CH2-]c1cc(N)c2c(c1)CCC(=O)N2.[K+]. The Bertz CT molecular complexity index is 377. The van der Waals surface area contributed by atoms with Crippen LogP contribution in [0.25, 0.3) is 0 Å². The van der Waals surface area contributed by atoms with E-state index in [1.54, 1.807) is 6.07 Å².